The highest BCUT2D eigenvalue weighted by molar-refractivity contribution is 8.14. The Labute approximate surface area is 90.9 Å². The zero-order valence-corrected chi connectivity index (χ0v) is 9.78. The summed E-state index contributed by atoms with van der Waals surface area (Å²) in [7, 11) is 0. The van der Waals surface area contributed by atoms with Crippen LogP contribution in [0.4, 0.5) is 0 Å². The van der Waals surface area contributed by atoms with Crippen LogP contribution in [0.1, 0.15) is 32.6 Å². The molecule has 1 aliphatic carbocycles. The van der Waals surface area contributed by atoms with Crippen molar-refractivity contribution in [3.63, 3.8) is 0 Å². The molecular formula is C11H20N2S. The van der Waals surface area contributed by atoms with Crippen molar-refractivity contribution < 1.29 is 0 Å². The van der Waals surface area contributed by atoms with Crippen molar-refractivity contribution in [3.05, 3.63) is 0 Å². The summed E-state index contributed by atoms with van der Waals surface area (Å²) in [6.07, 6.45) is 5.68. The van der Waals surface area contributed by atoms with Gasteiger partial charge in [0.05, 0.1) is 6.54 Å². The molecule has 0 aromatic carbocycles. The van der Waals surface area contributed by atoms with Gasteiger partial charge in [0, 0.05) is 12.3 Å². The molecule has 2 aliphatic rings. The van der Waals surface area contributed by atoms with Gasteiger partial charge >= 0.3 is 0 Å². The number of nitrogens with one attached hydrogen (secondary N) is 1. The molecule has 2 unspecified atom stereocenters. The fourth-order valence-electron chi connectivity index (χ4n) is 2.42. The average molecular weight is 212 g/mol. The summed E-state index contributed by atoms with van der Waals surface area (Å²) < 4.78 is 0. The van der Waals surface area contributed by atoms with Gasteiger partial charge in [0.1, 0.15) is 0 Å². The topological polar surface area (TPSA) is 24.4 Å². The van der Waals surface area contributed by atoms with E-state index in [2.05, 4.69) is 17.2 Å². The molecule has 2 atom stereocenters. The third-order valence-corrected chi connectivity index (χ3v) is 4.11. The fraction of sp³-hybridized carbons (Fsp3) is 0.909. The number of nitrogens with zero attached hydrogens (tertiary/aromatic N) is 1. The summed E-state index contributed by atoms with van der Waals surface area (Å²) in [5.74, 6) is 3.00. The number of amidine groups is 1. The largest absolute Gasteiger partial charge is 0.365 e. The van der Waals surface area contributed by atoms with Crippen LogP contribution in [0.15, 0.2) is 4.99 Å². The fourth-order valence-corrected chi connectivity index (χ4v) is 3.16. The van der Waals surface area contributed by atoms with Crippen LogP contribution in [0.3, 0.4) is 0 Å². The van der Waals surface area contributed by atoms with Gasteiger partial charge in [-0.2, -0.15) is 0 Å². The molecule has 0 aromatic rings. The lowest BCUT2D eigenvalue weighted by Gasteiger charge is -2.26. The van der Waals surface area contributed by atoms with Gasteiger partial charge in [0.25, 0.3) is 0 Å². The Balaban J connectivity index is 1.69. The van der Waals surface area contributed by atoms with E-state index in [1.54, 1.807) is 0 Å². The molecule has 3 heteroatoms. The Kier molecular flexibility index (Phi) is 3.74. The van der Waals surface area contributed by atoms with Crippen molar-refractivity contribution in [2.24, 2.45) is 16.8 Å². The highest BCUT2D eigenvalue weighted by Gasteiger charge is 2.19. The van der Waals surface area contributed by atoms with Gasteiger partial charge in [-0.25, -0.2) is 0 Å². The summed E-state index contributed by atoms with van der Waals surface area (Å²) >= 11 is 1.87. The molecule has 80 valence electrons. The first-order chi connectivity index (χ1) is 6.84. The van der Waals surface area contributed by atoms with Gasteiger partial charge in [-0.15, -0.1) is 0 Å². The molecular weight excluding hydrogens is 192 g/mol. The zero-order valence-electron chi connectivity index (χ0n) is 8.96. The molecule has 0 aromatic heterocycles. The standard InChI is InChI=1S/C11H20N2S/c1-9-3-2-4-10(7-9)8-13-11-12-5-6-14-11/h9-10H,2-8H2,1H3,(H,12,13). The van der Waals surface area contributed by atoms with E-state index in [1.807, 2.05) is 11.8 Å². The van der Waals surface area contributed by atoms with E-state index in [0.29, 0.717) is 0 Å². The van der Waals surface area contributed by atoms with E-state index >= 15 is 0 Å². The van der Waals surface area contributed by atoms with Crippen LogP contribution in [-0.4, -0.2) is 24.0 Å². The predicted molar refractivity (Wildman–Crippen MR) is 63.9 cm³/mol. The summed E-state index contributed by atoms with van der Waals surface area (Å²) in [5.41, 5.74) is 0. The van der Waals surface area contributed by atoms with Crippen LogP contribution in [0.25, 0.3) is 0 Å². The van der Waals surface area contributed by atoms with Crippen LogP contribution in [0, 0.1) is 11.8 Å². The quantitative estimate of drug-likeness (QED) is 0.760. The second kappa shape index (κ2) is 5.06. The van der Waals surface area contributed by atoms with E-state index in [0.717, 1.165) is 24.9 Å². The van der Waals surface area contributed by atoms with Crippen LogP contribution in [0.2, 0.25) is 0 Å². The summed E-state index contributed by atoms with van der Waals surface area (Å²) in [4.78, 5) is 4.41. The maximum absolute atomic E-state index is 4.41. The molecule has 0 amide bonds. The lowest BCUT2D eigenvalue weighted by Crippen LogP contribution is -2.29. The monoisotopic (exact) mass is 212 g/mol. The molecule has 2 rings (SSSR count). The lowest BCUT2D eigenvalue weighted by molar-refractivity contribution is 0.283. The molecule has 1 saturated carbocycles. The SMILES string of the molecule is CC1CCCC(CNC2=NCCS2)C1. The maximum Gasteiger partial charge on any atom is 0.156 e. The molecule has 2 nitrogen and oxygen atoms in total. The predicted octanol–water partition coefficient (Wildman–Crippen LogP) is 2.51. The molecule has 0 saturated heterocycles. The van der Waals surface area contributed by atoms with E-state index in [9.17, 15) is 0 Å². The van der Waals surface area contributed by atoms with Crippen LogP contribution >= 0.6 is 11.8 Å². The normalized spacial score (nSPS) is 32.8. The first-order valence-electron chi connectivity index (χ1n) is 5.75. The van der Waals surface area contributed by atoms with Crippen molar-refractivity contribution in [1.82, 2.24) is 5.32 Å². The smallest absolute Gasteiger partial charge is 0.156 e. The molecule has 1 heterocycles. The van der Waals surface area contributed by atoms with Crippen molar-refractivity contribution in [2.75, 3.05) is 18.8 Å². The first kappa shape index (κ1) is 10.3. The van der Waals surface area contributed by atoms with E-state index < -0.39 is 0 Å². The summed E-state index contributed by atoms with van der Waals surface area (Å²) in [6, 6.07) is 0. The number of hydrogen-bond acceptors (Lipinski definition) is 3. The third kappa shape index (κ3) is 2.91. The van der Waals surface area contributed by atoms with Crippen molar-refractivity contribution in [3.8, 4) is 0 Å². The molecule has 1 aliphatic heterocycles. The Morgan fingerprint density at radius 2 is 2.43 bits per heavy atom. The summed E-state index contributed by atoms with van der Waals surface area (Å²) in [5, 5.41) is 4.67. The highest BCUT2D eigenvalue weighted by atomic mass is 32.2. The summed E-state index contributed by atoms with van der Waals surface area (Å²) in [6.45, 7) is 4.54. The number of rotatable bonds is 2. The van der Waals surface area contributed by atoms with Crippen molar-refractivity contribution in [1.29, 1.82) is 0 Å². The van der Waals surface area contributed by atoms with Crippen LogP contribution in [-0.2, 0) is 0 Å². The molecule has 0 radical (unpaired) electrons. The minimum Gasteiger partial charge on any atom is -0.365 e. The van der Waals surface area contributed by atoms with E-state index in [4.69, 9.17) is 0 Å². The number of thioether (sulfide) groups is 1. The zero-order chi connectivity index (χ0) is 9.80. The van der Waals surface area contributed by atoms with Gasteiger partial charge in [-0.3, -0.25) is 4.99 Å². The Bertz CT molecular complexity index is 215. The lowest BCUT2D eigenvalue weighted by atomic mass is 9.82. The highest BCUT2D eigenvalue weighted by Crippen LogP contribution is 2.28. The van der Waals surface area contributed by atoms with Crippen LogP contribution < -0.4 is 5.32 Å². The number of aliphatic imine (C=N–C) groups is 1. The minimum absolute atomic E-state index is 0.891. The maximum atomic E-state index is 4.41. The second-order valence-corrected chi connectivity index (χ2v) is 5.64. The third-order valence-electron chi connectivity index (χ3n) is 3.17. The first-order valence-corrected chi connectivity index (χ1v) is 6.74. The Morgan fingerprint density at radius 1 is 1.50 bits per heavy atom. The van der Waals surface area contributed by atoms with E-state index in [1.165, 1.54) is 36.6 Å². The molecule has 1 fully saturated rings. The molecule has 14 heavy (non-hydrogen) atoms. The molecule has 1 N–H and O–H groups in total. The van der Waals surface area contributed by atoms with Gasteiger partial charge in [-0.05, 0) is 24.7 Å². The van der Waals surface area contributed by atoms with Gasteiger partial charge in [0.2, 0.25) is 0 Å². The number of hydrogen-bond donors (Lipinski definition) is 1. The Hall–Kier alpha value is -0.180. The Morgan fingerprint density at radius 3 is 3.14 bits per heavy atom. The van der Waals surface area contributed by atoms with Crippen molar-refractivity contribution >= 4 is 16.9 Å². The molecule has 0 spiro atoms. The van der Waals surface area contributed by atoms with Gasteiger partial charge in [0.15, 0.2) is 5.17 Å². The van der Waals surface area contributed by atoms with Gasteiger partial charge in [-0.1, -0.05) is 31.5 Å². The molecule has 0 bridgehead atoms. The minimum atomic E-state index is 0.891. The van der Waals surface area contributed by atoms with Crippen molar-refractivity contribution in [2.45, 2.75) is 32.6 Å². The second-order valence-electron chi connectivity index (χ2n) is 4.55. The average Bonchev–Trinajstić information content (AvgIpc) is 2.67. The van der Waals surface area contributed by atoms with Gasteiger partial charge < -0.3 is 5.32 Å². The van der Waals surface area contributed by atoms with E-state index in [-0.39, 0.29) is 0 Å². The van der Waals surface area contributed by atoms with Crippen LogP contribution in [0.5, 0.6) is 0 Å².